The van der Waals surface area contributed by atoms with Gasteiger partial charge >= 0.3 is 0 Å². The fourth-order valence-electron chi connectivity index (χ4n) is 1.98. The molecule has 0 radical (unpaired) electrons. The van der Waals surface area contributed by atoms with Crippen molar-refractivity contribution < 1.29 is 9.90 Å². The Bertz CT molecular complexity index is 729. The summed E-state index contributed by atoms with van der Waals surface area (Å²) in [5.41, 5.74) is 0. The molecule has 0 fully saturated rings. The lowest BCUT2D eigenvalue weighted by Crippen LogP contribution is -2.24. The smallest absolute Gasteiger partial charge is 0.261 e. The Morgan fingerprint density at radius 2 is 2.05 bits per heavy atom. The van der Waals surface area contributed by atoms with Gasteiger partial charge in [-0.05, 0) is 18.6 Å². The first-order chi connectivity index (χ1) is 9.29. The lowest BCUT2D eigenvalue weighted by atomic mass is 10.2. The molecule has 1 aromatic carbocycles. The molecule has 3 aromatic rings. The van der Waals surface area contributed by atoms with E-state index in [1.807, 2.05) is 18.2 Å². The van der Waals surface area contributed by atoms with Crippen LogP contribution in [0, 0.1) is 0 Å². The molecule has 5 heteroatoms. The number of aliphatic hydroxyl groups excluding tert-OH is 1. The van der Waals surface area contributed by atoms with Gasteiger partial charge in [0.15, 0.2) is 0 Å². The summed E-state index contributed by atoms with van der Waals surface area (Å²) in [6.45, 7) is 0.617. The maximum atomic E-state index is 11.9. The second kappa shape index (κ2) is 5.28. The maximum Gasteiger partial charge on any atom is 0.261 e. The molecular formula is C14H13NO2S2. The monoisotopic (exact) mass is 291 g/mol. The van der Waals surface area contributed by atoms with Gasteiger partial charge in [-0.25, -0.2) is 0 Å². The van der Waals surface area contributed by atoms with Gasteiger partial charge in [-0.1, -0.05) is 18.2 Å². The van der Waals surface area contributed by atoms with Crippen LogP contribution in [-0.4, -0.2) is 24.2 Å². The standard InChI is InChI=1S/C14H13NO2S2/c16-7-3-6-15-14(17)12-8-11-13(19-12)9-4-1-2-5-10(9)18-11/h1-2,4-5,8,16H,3,6-7H2,(H,15,17). The van der Waals surface area contributed by atoms with Crippen LogP contribution in [0.3, 0.4) is 0 Å². The molecule has 0 spiro atoms. The molecule has 19 heavy (non-hydrogen) atoms. The normalized spacial score (nSPS) is 11.2. The summed E-state index contributed by atoms with van der Waals surface area (Å²) >= 11 is 3.25. The molecule has 0 aliphatic heterocycles. The third-order valence-electron chi connectivity index (χ3n) is 2.89. The van der Waals surface area contributed by atoms with E-state index >= 15 is 0 Å². The van der Waals surface area contributed by atoms with Crippen molar-refractivity contribution in [3.63, 3.8) is 0 Å². The van der Waals surface area contributed by atoms with E-state index in [0.717, 1.165) is 4.88 Å². The minimum Gasteiger partial charge on any atom is -0.396 e. The highest BCUT2D eigenvalue weighted by Crippen LogP contribution is 2.39. The van der Waals surface area contributed by atoms with Gasteiger partial charge in [-0.15, -0.1) is 22.7 Å². The van der Waals surface area contributed by atoms with Crippen LogP contribution in [0.5, 0.6) is 0 Å². The Morgan fingerprint density at radius 1 is 1.21 bits per heavy atom. The number of aliphatic hydroxyl groups is 1. The molecule has 2 heterocycles. The SMILES string of the molecule is O=C(NCCCO)c1cc2sc3ccccc3c2s1. The quantitative estimate of drug-likeness (QED) is 0.725. The summed E-state index contributed by atoms with van der Waals surface area (Å²) < 4.78 is 3.61. The van der Waals surface area contributed by atoms with Crippen LogP contribution >= 0.6 is 22.7 Å². The Balaban J connectivity index is 1.91. The van der Waals surface area contributed by atoms with Gasteiger partial charge in [0.25, 0.3) is 5.91 Å². The molecule has 0 aliphatic rings. The first-order valence-electron chi connectivity index (χ1n) is 6.10. The Morgan fingerprint density at radius 3 is 2.89 bits per heavy atom. The van der Waals surface area contributed by atoms with Gasteiger partial charge < -0.3 is 10.4 Å². The van der Waals surface area contributed by atoms with Crippen LogP contribution in [0.1, 0.15) is 16.1 Å². The van der Waals surface area contributed by atoms with E-state index < -0.39 is 0 Å². The minimum absolute atomic E-state index is 0.0501. The number of benzene rings is 1. The predicted octanol–water partition coefficient (Wildman–Crippen LogP) is 3.23. The van der Waals surface area contributed by atoms with Crippen molar-refractivity contribution in [2.24, 2.45) is 0 Å². The summed E-state index contributed by atoms with van der Waals surface area (Å²) in [6, 6.07) is 10.2. The predicted molar refractivity (Wildman–Crippen MR) is 81.2 cm³/mol. The van der Waals surface area contributed by atoms with Gasteiger partial charge in [-0.3, -0.25) is 4.79 Å². The Labute approximate surface area is 118 Å². The summed E-state index contributed by atoms with van der Waals surface area (Å²) in [4.78, 5) is 12.7. The number of fused-ring (bicyclic) bond motifs is 3. The summed E-state index contributed by atoms with van der Waals surface area (Å²) in [5, 5.41) is 12.7. The van der Waals surface area contributed by atoms with Crippen molar-refractivity contribution >= 4 is 48.1 Å². The highest BCUT2D eigenvalue weighted by Gasteiger charge is 2.13. The van der Waals surface area contributed by atoms with Crippen LogP contribution in [0.25, 0.3) is 19.5 Å². The van der Waals surface area contributed by atoms with Crippen LogP contribution in [-0.2, 0) is 0 Å². The van der Waals surface area contributed by atoms with E-state index in [4.69, 9.17) is 5.11 Å². The van der Waals surface area contributed by atoms with Gasteiger partial charge in [0.2, 0.25) is 0 Å². The molecule has 98 valence electrons. The number of thiophene rings is 2. The first-order valence-corrected chi connectivity index (χ1v) is 7.73. The molecule has 3 nitrogen and oxygen atoms in total. The highest BCUT2D eigenvalue weighted by atomic mass is 32.1. The molecule has 0 saturated carbocycles. The van der Waals surface area contributed by atoms with E-state index in [2.05, 4.69) is 17.4 Å². The topological polar surface area (TPSA) is 49.3 Å². The van der Waals surface area contributed by atoms with Crippen molar-refractivity contribution in [2.45, 2.75) is 6.42 Å². The Kier molecular flexibility index (Phi) is 3.50. The lowest BCUT2D eigenvalue weighted by molar-refractivity contribution is 0.0955. The molecule has 2 aromatic heterocycles. The van der Waals surface area contributed by atoms with E-state index in [9.17, 15) is 4.79 Å². The van der Waals surface area contributed by atoms with Crippen LogP contribution in [0.4, 0.5) is 0 Å². The molecule has 1 amide bonds. The third kappa shape index (κ3) is 2.36. The molecule has 0 unspecified atom stereocenters. The van der Waals surface area contributed by atoms with Crippen LogP contribution < -0.4 is 5.32 Å². The first kappa shape index (κ1) is 12.6. The zero-order chi connectivity index (χ0) is 13.2. The van der Waals surface area contributed by atoms with Gasteiger partial charge in [0.05, 0.1) is 9.58 Å². The fraction of sp³-hybridized carbons (Fsp3) is 0.214. The van der Waals surface area contributed by atoms with Crippen molar-refractivity contribution in [1.82, 2.24) is 5.32 Å². The number of amides is 1. The number of rotatable bonds is 4. The van der Waals surface area contributed by atoms with Crippen LogP contribution in [0.2, 0.25) is 0 Å². The largest absolute Gasteiger partial charge is 0.396 e. The molecule has 0 bridgehead atoms. The number of hydrogen-bond donors (Lipinski definition) is 2. The zero-order valence-corrected chi connectivity index (χ0v) is 11.8. The Hall–Kier alpha value is -1.43. The number of carbonyl (C=O) groups excluding carboxylic acids is 1. The van der Waals surface area contributed by atoms with Crippen LogP contribution in [0.15, 0.2) is 30.3 Å². The lowest BCUT2D eigenvalue weighted by Gasteiger charge is -2.00. The molecule has 2 N–H and O–H groups in total. The second-order valence-electron chi connectivity index (χ2n) is 4.24. The van der Waals surface area contributed by atoms with Crippen molar-refractivity contribution in [1.29, 1.82) is 0 Å². The van der Waals surface area contributed by atoms with Gasteiger partial charge in [0, 0.05) is 27.9 Å². The molecule has 0 saturated heterocycles. The minimum atomic E-state index is -0.0501. The number of nitrogens with one attached hydrogen (secondary N) is 1. The second-order valence-corrected chi connectivity index (χ2v) is 6.37. The molecule has 3 rings (SSSR count). The van der Waals surface area contributed by atoms with Crippen molar-refractivity contribution in [3.8, 4) is 0 Å². The molecule has 0 aliphatic carbocycles. The third-order valence-corrected chi connectivity index (χ3v) is 5.31. The fourth-order valence-corrected chi connectivity index (χ4v) is 4.42. The number of hydrogen-bond acceptors (Lipinski definition) is 4. The summed E-state index contributed by atoms with van der Waals surface area (Å²) in [7, 11) is 0. The molecular weight excluding hydrogens is 278 g/mol. The zero-order valence-electron chi connectivity index (χ0n) is 10.2. The van der Waals surface area contributed by atoms with E-state index in [0.29, 0.717) is 13.0 Å². The van der Waals surface area contributed by atoms with Crippen molar-refractivity contribution in [2.75, 3.05) is 13.2 Å². The summed E-state index contributed by atoms with van der Waals surface area (Å²) in [6.07, 6.45) is 0.592. The van der Waals surface area contributed by atoms with E-state index in [1.54, 1.807) is 11.3 Å². The van der Waals surface area contributed by atoms with E-state index in [-0.39, 0.29) is 12.5 Å². The van der Waals surface area contributed by atoms with Gasteiger partial charge in [0.1, 0.15) is 0 Å². The number of carbonyl (C=O) groups is 1. The summed E-state index contributed by atoms with van der Waals surface area (Å²) in [5.74, 6) is -0.0501. The maximum absolute atomic E-state index is 11.9. The highest BCUT2D eigenvalue weighted by molar-refractivity contribution is 7.33. The average molecular weight is 291 g/mol. The average Bonchev–Trinajstić information content (AvgIpc) is 2.96. The van der Waals surface area contributed by atoms with E-state index in [1.165, 1.54) is 30.8 Å². The van der Waals surface area contributed by atoms with Crippen molar-refractivity contribution in [3.05, 3.63) is 35.2 Å². The molecule has 0 atom stereocenters. The van der Waals surface area contributed by atoms with Gasteiger partial charge in [-0.2, -0.15) is 0 Å².